The van der Waals surface area contributed by atoms with Gasteiger partial charge in [-0.05, 0) is 24.3 Å². The zero-order chi connectivity index (χ0) is 13.8. The van der Waals surface area contributed by atoms with E-state index in [0.29, 0.717) is 12.4 Å². The molecular formula is C14H15N3O2S. The topological polar surface area (TPSA) is 55.3 Å². The fourth-order valence-corrected chi connectivity index (χ4v) is 2.98. The number of rotatable bonds is 3. The second kappa shape index (κ2) is 6.00. The Hall–Kier alpha value is -1.95. The van der Waals surface area contributed by atoms with Gasteiger partial charge in [0.15, 0.2) is 0 Å². The first-order chi connectivity index (χ1) is 9.83. The molecule has 1 atom stereocenters. The van der Waals surface area contributed by atoms with E-state index < -0.39 is 0 Å². The van der Waals surface area contributed by atoms with Crippen LogP contribution in [0.3, 0.4) is 0 Å². The number of amides is 1. The maximum Gasteiger partial charge on any atom is 0.264 e. The van der Waals surface area contributed by atoms with E-state index in [-0.39, 0.29) is 12.0 Å². The van der Waals surface area contributed by atoms with Crippen molar-refractivity contribution in [3.63, 3.8) is 0 Å². The van der Waals surface area contributed by atoms with Gasteiger partial charge in [-0.25, -0.2) is 4.98 Å². The van der Waals surface area contributed by atoms with Gasteiger partial charge >= 0.3 is 0 Å². The van der Waals surface area contributed by atoms with Crippen LogP contribution >= 0.6 is 11.3 Å². The SMILES string of the molecule is O=C(c1cccs1)N1CCC[C@@H](Oc2cnccn2)C1. The third-order valence-corrected chi connectivity index (χ3v) is 4.08. The van der Waals surface area contributed by atoms with E-state index in [4.69, 9.17) is 4.74 Å². The van der Waals surface area contributed by atoms with E-state index in [2.05, 4.69) is 9.97 Å². The summed E-state index contributed by atoms with van der Waals surface area (Å²) in [6, 6.07) is 3.76. The van der Waals surface area contributed by atoms with Crippen LogP contribution < -0.4 is 4.74 Å². The van der Waals surface area contributed by atoms with E-state index in [9.17, 15) is 4.79 Å². The van der Waals surface area contributed by atoms with Crippen molar-refractivity contribution < 1.29 is 9.53 Å². The van der Waals surface area contributed by atoms with Crippen molar-refractivity contribution in [3.8, 4) is 5.88 Å². The zero-order valence-corrected chi connectivity index (χ0v) is 11.8. The van der Waals surface area contributed by atoms with E-state index in [0.717, 1.165) is 24.3 Å². The van der Waals surface area contributed by atoms with Gasteiger partial charge in [-0.3, -0.25) is 9.78 Å². The second-order valence-electron chi connectivity index (χ2n) is 4.65. The summed E-state index contributed by atoms with van der Waals surface area (Å²) < 4.78 is 5.79. The lowest BCUT2D eigenvalue weighted by Gasteiger charge is -2.32. The lowest BCUT2D eigenvalue weighted by Crippen LogP contribution is -2.44. The molecule has 1 saturated heterocycles. The van der Waals surface area contributed by atoms with Crippen LogP contribution in [-0.2, 0) is 0 Å². The Bertz CT molecular complexity index is 559. The largest absolute Gasteiger partial charge is 0.471 e. The quantitative estimate of drug-likeness (QED) is 0.869. The maximum absolute atomic E-state index is 12.3. The Kier molecular flexibility index (Phi) is 3.92. The Morgan fingerprint density at radius 2 is 2.40 bits per heavy atom. The van der Waals surface area contributed by atoms with Gasteiger partial charge in [0.1, 0.15) is 6.10 Å². The molecule has 2 aromatic heterocycles. The molecule has 6 heteroatoms. The molecule has 0 aliphatic carbocycles. The van der Waals surface area contributed by atoms with Crippen LogP contribution in [0, 0.1) is 0 Å². The third kappa shape index (κ3) is 2.96. The van der Waals surface area contributed by atoms with Gasteiger partial charge in [-0.15, -0.1) is 11.3 Å². The Morgan fingerprint density at radius 1 is 1.45 bits per heavy atom. The minimum absolute atomic E-state index is 0.00985. The van der Waals surface area contributed by atoms with E-state index in [1.165, 1.54) is 11.3 Å². The highest BCUT2D eigenvalue weighted by Crippen LogP contribution is 2.19. The molecule has 104 valence electrons. The molecule has 0 saturated carbocycles. The summed E-state index contributed by atoms with van der Waals surface area (Å²) in [5, 5.41) is 1.92. The average Bonchev–Trinajstić information content (AvgIpc) is 3.02. The Labute approximate surface area is 121 Å². The van der Waals surface area contributed by atoms with Crippen LogP contribution in [0.15, 0.2) is 36.1 Å². The average molecular weight is 289 g/mol. The molecule has 1 fully saturated rings. The lowest BCUT2D eigenvalue weighted by molar-refractivity contribution is 0.0531. The lowest BCUT2D eigenvalue weighted by atomic mass is 10.1. The van der Waals surface area contributed by atoms with Crippen LogP contribution in [-0.4, -0.2) is 40.0 Å². The number of hydrogen-bond donors (Lipinski definition) is 0. The van der Waals surface area contributed by atoms with Gasteiger partial charge in [0.2, 0.25) is 5.88 Å². The Balaban J connectivity index is 1.63. The predicted molar refractivity (Wildman–Crippen MR) is 75.9 cm³/mol. The summed E-state index contributed by atoms with van der Waals surface area (Å²) in [6.45, 7) is 1.39. The van der Waals surface area contributed by atoms with Crippen LogP contribution in [0.4, 0.5) is 0 Å². The first kappa shape index (κ1) is 13.1. The van der Waals surface area contributed by atoms with E-state index >= 15 is 0 Å². The summed E-state index contributed by atoms with van der Waals surface area (Å²) in [6.07, 6.45) is 6.68. The molecular weight excluding hydrogens is 274 g/mol. The van der Waals surface area contributed by atoms with Crippen molar-refractivity contribution in [2.45, 2.75) is 18.9 Å². The molecule has 0 N–H and O–H groups in total. The first-order valence-electron chi connectivity index (χ1n) is 6.58. The summed E-state index contributed by atoms with van der Waals surface area (Å²) in [5.41, 5.74) is 0. The fraction of sp³-hybridized carbons (Fsp3) is 0.357. The number of carbonyl (C=O) groups excluding carboxylic acids is 1. The normalized spacial score (nSPS) is 18.8. The van der Waals surface area contributed by atoms with Crippen molar-refractivity contribution >= 4 is 17.2 Å². The molecule has 0 bridgehead atoms. The predicted octanol–water partition coefficient (Wildman–Crippen LogP) is 2.22. The number of hydrogen-bond acceptors (Lipinski definition) is 5. The minimum Gasteiger partial charge on any atom is -0.471 e. The highest BCUT2D eigenvalue weighted by Gasteiger charge is 2.26. The van der Waals surface area contributed by atoms with Gasteiger partial charge in [0, 0.05) is 18.9 Å². The van der Waals surface area contributed by atoms with Crippen molar-refractivity contribution in [2.75, 3.05) is 13.1 Å². The number of thiophene rings is 1. The molecule has 1 aliphatic heterocycles. The summed E-state index contributed by atoms with van der Waals surface area (Å²) in [5.74, 6) is 0.607. The number of ether oxygens (including phenoxy) is 1. The first-order valence-corrected chi connectivity index (χ1v) is 7.46. The van der Waals surface area contributed by atoms with Crippen LogP contribution in [0.1, 0.15) is 22.5 Å². The van der Waals surface area contributed by atoms with Crippen LogP contribution in [0.25, 0.3) is 0 Å². The number of nitrogens with zero attached hydrogens (tertiary/aromatic N) is 3. The smallest absolute Gasteiger partial charge is 0.264 e. The van der Waals surface area contributed by atoms with Gasteiger partial charge in [-0.1, -0.05) is 6.07 Å². The highest BCUT2D eigenvalue weighted by molar-refractivity contribution is 7.12. The number of piperidine rings is 1. The van der Waals surface area contributed by atoms with Crippen molar-refractivity contribution in [1.82, 2.24) is 14.9 Å². The molecule has 0 radical (unpaired) electrons. The minimum atomic E-state index is -0.00985. The van der Waals surface area contributed by atoms with E-state index in [1.807, 2.05) is 22.4 Å². The Morgan fingerprint density at radius 3 is 3.15 bits per heavy atom. The van der Waals surface area contributed by atoms with Crippen LogP contribution in [0.5, 0.6) is 5.88 Å². The summed E-state index contributed by atoms with van der Waals surface area (Å²) >= 11 is 1.48. The molecule has 2 aromatic rings. The van der Waals surface area contributed by atoms with Crippen molar-refractivity contribution in [3.05, 3.63) is 41.0 Å². The van der Waals surface area contributed by atoms with Gasteiger partial charge in [0.25, 0.3) is 5.91 Å². The van der Waals surface area contributed by atoms with Crippen molar-refractivity contribution in [2.24, 2.45) is 0 Å². The maximum atomic E-state index is 12.3. The molecule has 20 heavy (non-hydrogen) atoms. The molecule has 5 nitrogen and oxygen atoms in total. The van der Waals surface area contributed by atoms with Gasteiger partial charge in [0.05, 0.1) is 17.6 Å². The highest BCUT2D eigenvalue weighted by atomic mass is 32.1. The second-order valence-corrected chi connectivity index (χ2v) is 5.60. The third-order valence-electron chi connectivity index (χ3n) is 3.22. The molecule has 3 rings (SSSR count). The molecule has 0 unspecified atom stereocenters. The number of aromatic nitrogens is 2. The van der Waals surface area contributed by atoms with Gasteiger partial charge < -0.3 is 9.64 Å². The fourth-order valence-electron chi connectivity index (χ4n) is 2.29. The molecule has 1 aliphatic rings. The molecule has 3 heterocycles. The van der Waals surface area contributed by atoms with Crippen LogP contribution in [0.2, 0.25) is 0 Å². The molecule has 0 aromatic carbocycles. The monoisotopic (exact) mass is 289 g/mol. The molecule has 0 spiro atoms. The number of carbonyl (C=O) groups is 1. The van der Waals surface area contributed by atoms with Gasteiger partial charge in [-0.2, -0.15) is 0 Å². The standard InChI is InChI=1S/C14H15N3O2S/c18-14(12-4-2-8-20-12)17-7-1-3-11(10-17)19-13-9-15-5-6-16-13/h2,4-6,8-9,11H,1,3,7,10H2/t11-/m1/s1. The zero-order valence-electron chi connectivity index (χ0n) is 10.9. The summed E-state index contributed by atoms with van der Waals surface area (Å²) in [7, 11) is 0. The summed E-state index contributed by atoms with van der Waals surface area (Å²) in [4.78, 5) is 23.0. The molecule has 1 amide bonds. The number of likely N-dealkylation sites (tertiary alicyclic amines) is 1. The van der Waals surface area contributed by atoms with Crippen molar-refractivity contribution in [1.29, 1.82) is 0 Å². The van der Waals surface area contributed by atoms with E-state index in [1.54, 1.807) is 18.6 Å².